The fraction of sp³-hybridized carbons (Fsp3) is 0.111. The Morgan fingerprint density at radius 2 is 1.96 bits per heavy atom. The van der Waals surface area contributed by atoms with Crippen LogP contribution in [0.4, 0.5) is 0 Å². The summed E-state index contributed by atoms with van der Waals surface area (Å²) in [5.41, 5.74) is 3.38. The van der Waals surface area contributed by atoms with E-state index in [0.29, 0.717) is 5.75 Å². The minimum absolute atomic E-state index is 0.692. The average Bonchev–Trinajstić information content (AvgIpc) is 3.33. The molecule has 3 heterocycles. The van der Waals surface area contributed by atoms with Gasteiger partial charge in [-0.15, -0.1) is 21.5 Å². The van der Waals surface area contributed by atoms with Crippen LogP contribution in [0, 0.1) is 6.92 Å². The van der Waals surface area contributed by atoms with Crippen molar-refractivity contribution in [1.29, 1.82) is 0 Å². The number of benzene rings is 2. The van der Waals surface area contributed by atoms with Crippen molar-refractivity contribution in [2.75, 3.05) is 0 Å². The number of rotatable bonds is 4. The SMILES string of the molecule is Cc1cccc(-c2nn3c(CSc4nc5ccccc5s4)nnc3s2)c1. The number of fused-ring (bicyclic) bond motifs is 2. The second-order valence-electron chi connectivity index (χ2n) is 5.82. The van der Waals surface area contributed by atoms with Crippen molar-refractivity contribution in [1.82, 2.24) is 24.8 Å². The van der Waals surface area contributed by atoms with Crippen molar-refractivity contribution < 1.29 is 0 Å². The van der Waals surface area contributed by atoms with Gasteiger partial charge < -0.3 is 0 Å². The zero-order valence-electron chi connectivity index (χ0n) is 13.8. The van der Waals surface area contributed by atoms with E-state index in [1.807, 2.05) is 22.7 Å². The number of hydrogen-bond acceptors (Lipinski definition) is 7. The van der Waals surface area contributed by atoms with Crippen molar-refractivity contribution in [3.05, 3.63) is 59.9 Å². The Balaban J connectivity index is 1.42. The molecule has 128 valence electrons. The van der Waals surface area contributed by atoms with Crippen LogP contribution in [0.25, 0.3) is 25.7 Å². The molecule has 5 aromatic rings. The fourth-order valence-corrected chi connectivity index (χ4v) is 5.51. The summed E-state index contributed by atoms with van der Waals surface area (Å²) in [6.07, 6.45) is 0. The molecule has 0 saturated heterocycles. The molecule has 0 spiro atoms. The number of thiazole rings is 1. The van der Waals surface area contributed by atoms with Gasteiger partial charge >= 0.3 is 0 Å². The molecule has 0 atom stereocenters. The molecule has 0 N–H and O–H groups in total. The van der Waals surface area contributed by atoms with E-state index >= 15 is 0 Å². The summed E-state index contributed by atoms with van der Waals surface area (Å²) in [5, 5.41) is 14.3. The number of nitrogens with zero attached hydrogens (tertiary/aromatic N) is 5. The molecule has 3 aromatic heterocycles. The van der Waals surface area contributed by atoms with Gasteiger partial charge in [0, 0.05) is 5.56 Å². The van der Waals surface area contributed by atoms with Crippen LogP contribution in [-0.4, -0.2) is 24.8 Å². The molecule has 8 heteroatoms. The van der Waals surface area contributed by atoms with Gasteiger partial charge in [0.15, 0.2) is 10.2 Å². The van der Waals surface area contributed by atoms with E-state index in [2.05, 4.69) is 52.4 Å². The highest BCUT2D eigenvalue weighted by atomic mass is 32.2. The molecule has 26 heavy (non-hydrogen) atoms. The number of aromatic nitrogens is 5. The Morgan fingerprint density at radius 1 is 1.04 bits per heavy atom. The highest BCUT2D eigenvalue weighted by Crippen LogP contribution is 2.32. The molecule has 0 fully saturated rings. The second-order valence-corrected chi connectivity index (χ2v) is 9.03. The van der Waals surface area contributed by atoms with Gasteiger partial charge in [-0.3, -0.25) is 0 Å². The Morgan fingerprint density at radius 3 is 2.85 bits per heavy atom. The maximum absolute atomic E-state index is 4.72. The van der Waals surface area contributed by atoms with Gasteiger partial charge in [-0.05, 0) is 25.1 Å². The molecule has 0 bridgehead atoms. The Bertz CT molecular complexity index is 1190. The third-order valence-corrected chi connectivity index (χ3v) is 7.04. The van der Waals surface area contributed by atoms with Gasteiger partial charge in [-0.2, -0.15) is 9.61 Å². The summed E-state index contributed by atoms with van der Waals surface area (Å²) < 4.78 is 4.09. The maximum Gasteiger partial charge on any atom is 0.235 e. The molecule has 5 rings (SSSR count). The lowest BCUT2D eigenvalue weighted by Gasteiger charge is -1.97. The van der Waals surface area contributed by atoms with Gasteiger partial charge in [0.25, 0.3) is 0 Å². The second kappa shape index (κ2) is 6.46. The van der Waals surface area contributed by atoms with Crippen molar-refractivity contribution >= 4 is 49.6 Å². The first-order valence-corrected chi connectivity index (χ1v) is 10.6. The predicted octanol–water partition coefficient (Wildman–Crippen LogP) is 5.06. The molecule has 0 aliphatic rings. The van der Waals surface area contributed by atoms with E-state index in [1.165, 1.54) is 10.3 Å². The number of aryl methyl sites for hydroxylation is 1. The predicted molar refractivity (Wildman–Crippen MR) is 108 cm³/mol. The summed E-state index contributed by atoms with van der Waals surface area (Å²) in [4.78, 5) is 5.48. The van der Waals surface area contributed by atoms with Gasteiger partial charge in [-0.1, -0.05) is 59.0 Å². The van der Waals surface area contributed by atoms with Crippen LogP contribution in [0.15, 0.2) is 52.9 Å². The molecule has 5 nitrogen and oxygen atoms in total. The van der Waals surface area contributed by atoms with Crippen LogP contribution in [0.2, 0.25) is 0 Å². The minimum atomic E-state index is 0.692. The number of hydrogen-bond donors (Lipinski definition) is 0. The molecule has 2 aromatic carbocycles. The Labute approximate surface area is 161 Å². The molecule has 0 unspecified atom stereocenters. The van der Waals surface area contributed by atoms with E-state index in [4.69, 9.17) is 5.10 Å². The molecule has 0 aliphatic heterocycles. The van der Waals surface area contributed by atoms with Crippen molar-refractivity contribution in [2.45, 2.75) is 17.0 Å². The number of thioether (sulfide) groups is 1. The summed E-state index contributed by atoms with van der Waals surface area (Å²) in [5.74, 6) is 1.54. The number of para-hydroxylation sites is 1. The van der Waals surface area contributed by atoms with E-state index in [-0.39, 0.29) is 0 Å². The topological polar surface area (TPSA) is 56.0 Å². The van der Waals surface area contributed by atoms with E-state index in [1.54, 1.807) is 34.4 Å². The normalized spacial score (nSPS) is 11.6. The van der Waals surface area contributed by atoms with Gasteiger partial charge in [0.2, 0.25) is 4.96 Å². The fourth-order valence-electron chi connectivity index (χ4n) is 2.68. The summed E-state index contributed by atoms with van der Waals surface area (Å²) in [7, 11) is 0. The molecular weight excluding hydrogens is 382 g/mol. The Hall–Kier alpha value is -2.29. The lowest BCUT2D eigenvalue weighted by Crippen LogP contribution is -1.94. The zero-order valence-corrected chi connectivity index (χ0v) is 16.2. The van der Waals surface area contributed by atoms with E-state index in [0.717, 1.165) is 31.2 Å². The minimum Gasteiger partial charge on any atom is -0.230 e. The van der Waals surface area contributed by atoms with Gasteiger partial charge in [-0.25, -0.2) is 4.98 Å². The quantitative estimate of drug-likeness (QED) is 0.398. The first kappa shape index (κ1) is 15.9. The highest BCUT2D eigenvalue weighted by molar-refractivity contribution is 8.00. The standard InChI is InChI=1S/C18H13N5S3/c1-11-5-4-6-12(9-11)16-22-23-15(20-21-17(23)26-16)10-24-18-19-13-7-2-3-8-14(13)25-18/h2-9H,10H2,1H3. The lowest BCUT2D eigenvalue weighted by molar-refractivity contribution is 0.887. The van der Waals surface area contributed by atoms with E-state index in [9.17, 15) is 0 Å². The third kappa shape index (κ3) is 2.90. The highest BCUT2D eigenvalue weighted by Gasteiger charge is 2.14. The molecule has 0 saturated carbocycles. The Kier molecular flexibility index (Phi) is 3.96. The summed E-state index contributed by atoms with van der Waals surface area (Å²) in [6, 6.07) is 16.6. The maximum atomic E-state index is 4.72. The molecule has 0 aliphatic carbocycles. The smallest absolute Gasteiger partial charge is 0.230 e. The van der Waals surface area contributed by atoms with Crippen LogP contribution >= 0.6 is 34.4 Å². The van der Waals surface area contributed by atoms with Crippen LogP contribution in [0.1, 0.15) is 11.4 Å². The first-order valence-electron chi connectivity index (χ1n) is 8.03. The zero-order chi connectivity index (χ0) is 17.5. The van der Waals surface area contributed by atoms with E-state index < -0.39 is 0 Å². The van der Waals surface area contributed by atoms with Gasteiger partial charge in [0.1, 0.15) is 5.01 Å². The largest absolute Gasteiger partial charge is 0.235 e. The lowest BCUT2D eigenvalue weighted by atomic mass is 10.1. The van der Waals surface area contributed by atoms with Crippen LogP contribution in [0.3, 0.4) is 0 Å². The van der Waals surface area contributed by atoms with Crippen molar-refractivity contribution in [3.63, 3.8) is 0 Å². The monoisotopic (exact) mass is 395 g/mol. The molecule has 0 radical (unpaired) electrons. The van der Waals surface area contributed by atoms with Crippen LogP contribution in [-0.2, 0) is 5.75 Å². The molecular formula is C18H13N5S3. The van der Waals surface area contributed by atoms with Crippen LogP contribution in [0.5, 0.6) is 0 Å². The summed E-state index contributed by atoms with van der Waals surface area (Å²) >= 11 is 4.94. The average molecular weight is 396 g/mol. The first-order chi connectivity index (χ1) is 12.8. The molecule has 0 amide bonds. The van der Waals surface area contributed by atoms with Crippen molar-refractivity contribution in [2.24, 2.45) is 0 Å². The van der Waals surface area contributed by atoms with Gasteiger partial charge in [0.05, 0.1) is 16.0 Å². The van der Waals surface area contributed by atoms with Crippen LogP contribution < -0.4 is 0 Å². The van der Waals surface area contributed by atoms with Crippen molar-refractivity contribution in [3.8, 4) is 10.6 Å². The third-order valence-electron chi connectivity index (χ3n) is 3.92. The summed E-state index contributed by atoms with van der Waals surface area (Å²) in [6.45, 7) is 2.09.